The van der Waals surface area contributed by atoms with Gasteiger partial charge in [-0.1, -0.05) is 29.3 Å². The molecule has 0 saturated heterocycles. The molecule has 0 fully saturated rings. The first-order chi connectivity index (χ1) is 11.4. The number of carbonyl (C=O) groups is 1. The van der Waals surface area contributed by atoms with Gasteiger partial charge < -0.3 is 9.64 Å². The molecule has 3 nitrogen and oxygen atoms in total. The van der Waals surface area contributed by atoms with E-state index in [-0.39, 0.29) is 11.7 Å². The van der Waals surface area contributed by atoms with Crippen LogP contribution in [0.15, 0.2) is 36.4 Å². The second-order valence-electron chi connectivity index (χ2n) is 5.76. The molecular formula is C18H16Cl2FNO2. The Morgan fingerprint density at radius 2 is 2.00 bits per heavy atom. The van der Waals surface area contributed by atoms with Gasteiger partial charge in [0.1, 0.15) is 11.6 Å². The zero-order chi connectivity index (χ0) is 17.3. The number of fused-ring (bicyclic) bond motifs is 1. The van der Waals surface area contributed by atoms with Crippen molar-refractivity contribution < 1.29 is 13.9 Å². The fraction of sp³-hybridized carbons (Fsp3) is 0.278. The lowest BCUT2D eigenvalue weighted by atomic mass is 9.99. The van der Waals surface area contributed by atoms with Crippen molar-refractivity contribution in [3.63, 3.8) is 0 Å². The maximum absolute atomic E-state index is 13.3. The second-order valence-corrected chi connectivity index (χ2v) is 6.60. The van der Waals surface area contributed by atoms with Gasteiger partial charge in [0.15, 0.2) is 6.10 Å². The Bertz CT molecular complexity index is 782. The molecular weight excluding hydrogens is 352 g/mol. The highest BCUT2D eigenvalue weighted by atomic mass is 35.5. The monoisotopic (exact) mass is 367 g/mol. The number of hydrogen-bond donors (Lipinski definition) is 0. The maximum atomic E-state index is 13.3. The molecule has 2 aromatic carbocycles. The van der Waals surface area contributed by atoms with Crippen molar-refractivity contribution in [2.24, 2.45) is 0 Å². The number of halogens is 3. The van der Waals surface area contributed by atoms with Crippen LogP contribution in [0.25, 0.3) is 0 Å². The van der Waals surface area contributed by atoms with Crippen molar-refractivity contribution in [2.75, 3.05) is 6.54 Å². The molecule has 1 unspecified atom stereocenters. The van der Waals surface area contributed by atoms with Crippen LogP contribution in [0.4, 0.5) is 4.39 Å². The lowest BCUT2D eigenvalue weighted by Crippen LogP contribution is -2.43. The normalized spacial score (nSPS) is 14.9. The Balaban J connectivity index is 1.69. The van der Waals surface area contributed by atoms with E-state index in [9.17, 15) is 9.18 Å². The molecule has 1 aliphatic rings. The third-order valence-corrected chi connectivity index (χ3v) is 4.57. The van der Waals surface area contributed by atoms with Gasteiger partial charge in [0.05, 0.1) is 5.02 Å². The minimum absolute atomic E-state index is 0.129. The fourth-order valence-electron chi connectivity index (χ4n) is 2.78. The topological polar surface area (TPSA) is 29.5 Å². The van der Waals surface area contributed by atoms with Gasteiger partial charge in [0.2, 0.25) is 0 Å². The molecule has 6 heteroatoms. The summed E-state index contributed by atoms with van der Waals surface area (Å²) in [6, 6.07) is 9.55. The van der Waals surface area contributed by atoms with Crippen LogP contribution in [-0.2, 0) is 17.8 Å². The minimum atomic E-state index is -0.675. The number of ether oxygens (including phenoxy) is 1. The average Bonchev–Trinajstić information content (AvgIpc) is 2.56. The number of rotatable bonds is 3. The molecule has 24 heavy (non-hydrogen) atoms. The SMILES string of the molecule is CC(Oc1ccc(Cl)cc1Cl)C(=O)N1CCc2cc(F)ccc2C1. The highest BCUT2D eigenvalue weighted by Gasteiger charge is 2.26. The summed E-state index contributed by atoms with van der Waals surface area (Å²) in [5.41, 5.74) is 1.92. The Kier molecular flexibility index (Phi) is 4.97. The van der Waals surface area contributed by atoms with Crippen LogP contribution in [0.2, 0.25) is 10.0 Å². The smallest absolute Gasteiger partial charge is 0.263 e. The third-order valence-electron chi connectivity index (χ3n) is 4.04. The van der Waals surface area contributed by atoms with E-state index in [1.54, 1.807) is 36.1 Å². The van der Waals surface area contributed by atoms with Gasteiger partial charge in [-0.2, -0.15) is 0 Å². The van der Waals surface area contributed by atoms with E-state index < -0.39 is 6.10 Å². The number of nitrogens with zero attached hydrogens (tertiary/aromatic N) is 1. The van der Waals surface area contributed by atoms with Crippen molar-refractivity contribution in [1.82, 2.24) is 4.90 Å². The standard InChI is InChI=1S/C18H16Cl2FNO2/c1-11(24-17-5-3-14(19)9-16(17)20)18(23)22-7-6-12-8-15(21)4-2-13(12)10-22/h2-5,8-9,11H,6-7,10H2,1H3. The summed E-state index contributed by atoms with van der Waals surface area (Å²) in [5.74, 6) is 0.0417. The lowest BCUT2D eigenvalue weighted by molar-refractivity contribution is -0.138. The third kappa shape index (κ3) is 3.65. The first-order valence-corrected chi connectivity index (χ1v) is 8.37. The molecule has 2 aromatic rings. The van der Waals surface area contributed by atoms with Crippen LogP contribution >= 0.6 is 23.2 Å². The van der Waals surface area contributed by atoms with Crippen molar-refractivity contribution in [1.29, 1.82) is 0 Å². The lowest BCUT2D eigenvalue weighted by Gasteiger charge is -2.31. The molecule has 0 spiro atoms. The van der Waals surface area contributed by atoms with E-state index in [0.717, 1.165) is 11.1 Å². The highest BCUT2D eigenvalue weighted by molar-refractivity contribution is 6.35. The number of carbonyl (C=O) groups excluding carboxylic acids is 1. The molecule has 0 bridgehead atoms. The molecule has 0 N–H and O–H groups in total. The van der Waals surface area contributed by atoms with E-state index in [4.69, 9.17) is 27.9 Å². The molecule has 1 atom stereocenters. The predicted molar refractivity (Wildman–Crippen MR) is 92.1 cm³/mol. The summed E-state index contributed by atoms with van der Waals surface area (Å²) in [4.78, 5) is 14.3. The minimum Gasteiger partial charge on any atom is -0.479 e. The number of amides is 1. The van der Waals surface area contributed by atoms with Crippen LogP contribution in [0, 0.1) is 5.82 Å². The van der Waals surface area contributed by atoms with Crippen molar-refractivity contribution >= 4 is 29.1 Å². The molecule has 0 aromatic heterocycles. The Labute approximate surface area is 149 Å². The van der Waals surface area contributed by atoms with Gasteiger partial charge in [0.25, 0.3) is 5.91 Å². The Morgan fingerprint density at radius 3 is 2.75 bits per heavy atom. The number of hydrogen-bond acceptors (Lipinski definition) is 2. The van der Waals surface area contributed by atoms with E-state index in [1.807, 2.05) is 0 Å². The van der Waals surface area contributed by atoms with Crippen LogP contribution < -0.4 is 4.74 Å². The van der Waals surface area contributed by atoms with E-state index >= 15 is 0 Å². The Hall–Kier alpha value is -1.78. The van der Waals surface area contributed by atoms with Crippen LogP contribution in [0.1, 0.15) is 18.1 Å². The zero-order valence-corrected chi connectivity index (χ0v) is 14.6. The quantitative estimate of drug-likeness (QED) is 0.799. The molecule has 1 heterocycles. The van der Waals surface area contributed by atoms with Gasteiger partial charge in [-0.15, -0.1) is 0 Å². The van der Waals surface area contributed by atoms with Gasteiger partial charge >= 0.3 is 0 Å². The fourth-order valence-corrected chi connectivity index (χ4v) is 3.23. The van der Waals surface area contributed by atoms with E-state index in [0.29, 0.717) is 35.3 Å². The molecule has 0 saturated carbocycles. The predicted octanol–water partition coefficient (Wildman–Crippen LogP) is 4.48. The summed E-state index contributed by atoms with van der Waals surface area (Å²) in [7, 11) is 0. The van der Waals surface area contributed by atoms with Gasteiger partial charge in [0, 0.05) is 18.1 Å². The summed E-state index contributed by atoms with van der Waals surface area (Å²) in [5, 5.41) is 0.868. The largest absolute Gasteiger partial charge is 0.479 e. The highest BCUT2D eigenvalue weighted by Crippen LogP contribution is 2.29. The van der Waals surface area contributed by atoms with Gasteiger partial charge in [-0.3, -0.25) is 4.79 Å². The zero-order valence-electron chi connectivity index (χ0n) is 13.1. The van der Waals surface area contributed by atoms with Crippen molar-refractivity contribution in [3.05, 3.63) is 63.4 Å². The summed E-state index contributed by atoms with van der Waals surface area (Å²) in [6.45, 7) is 2.68. The van der Waals surface area contributed by atoms with Gasteiger partial charge in [-0.05, 0) is 54.8 Å². The first kappa shape index (κ1) is 17.1. The van der Waals surface area contributed by atoms with Gasteiger partial charge in [-0.25, -0.2) is 4.39 Å². The van der Waals surface area contributed by atoms with Crippen molar-refractivity contribution in [3.8, 4) is 5.75 Å². The molecule has 126 valence electrons. The molecule has 0 radical (unpaired) electrons. The molecule has 1 amide bonds. The van der Waals surface area contributed by atoms with Crippen LogP contribution in [0.3, 0.4) is 0 Å². The van der Waals surface area contributed by atoms with E-state index in [2.05, 4.69) is 0 Å². The maximum Gasteiger partial charge on any atom is 0.263 e. The average molecular weight is 368 g/mol. The molecule has 0 aliphatic carbocycles. The summed E-state index contributed by atoms with van der Waals surface area (Å²) < 4.78 is 18.9. The second kappa shape index (κ2) is 6.99. The van der Waals surface area contributed by atoms with Crippen LogP contribution in [-0.4, -0.2) is 23.5 Å². The van der Waals surface area contributed by atoms with Crippen molar-refractivity contribution in [2.45, 2.75) is 26.0 Å². The summed E-state index contributed by atoms with van der Waals surface area (Å²) in [6.07, 6.45) is -0.0431. The molecule has 3 rings (SSSR count). The summed E-state index contributed by atoms with van der Waals surface area (Å²) >= 11 is 11.9. The van der Waals surface area contributed by atoms with Crippen LogP contribution in [0.5, 0.6) is 5.75 Å². The Morgan fingerprint density at radius 1 is 1.21 bits per heavy atom. The van der Waals surface area contributed by atoms with E-state index in [1.165, 1.54) is 12.1 Å². The molecule has 1 aliphatic heterocycles. The first-order valence-electron chi connectivity index (χ1n) is 7.62. The number of benzene rings is 2.